The van der Waals surface area contributed by atoms with Gasteiger partial charge in [-0.05, 0) is 12.8 Å². The van der Waals surface area contributed by atoms with E-state index in [1.54, 1.807) is 0 Å². The Balaban J connectivity index is 2.56. The lowest BCUT2D eigenvalue weighted by atomic mass is 10.1. The maximum absolute atomic E-state index is 11.6. The summed E-state index contributed by atoms with van der Waals surface area (Å²) in [5.41, 5.74) is 0. The maximum atomic E-state index is 11.6. The minimum atomic E-state index is -3.36. The van der Waals surface area contributed by atoms with Crippen LogP contribution in [-0.4, -0.2) is 63.9 Å². The second-order valence-electron chi connectivity index (χ2n) is 4.70. The van der Waals surface area contributed by atoms with Crippen molar-refractivity contribution in [3.05, 3.63) is 0 Å². The van der Waals surface area contributed by atoms with Gasteiger partial charge in [0.2, 0.25) is 15.9 Å². The fraction of sp³-hybridized carbons (Fsp3) is 0.900. The molecule has 0 aromatic carbocycles. The smallest absolute Gasteiger partial charge is 0.235 e. The van der Waals surface area contributed by atoms with E-state index < -0.39 is 31.5 Å². The van der Waals surface area contributed by atoms with Gasteiger partial charge in [0.15, 0.2) is 9.84 Å². The van der Waals surface area contributed by atoms with Gasteiger partial charge in [0, 0.05) is 24.9 Å². The average molecular weight is 312 g/mol. The number of carbonyl (C=O) groups is 1. The van der Waals surface area contributed by atoms with Crippen LogP contribution >= 0.6 is 0 Å². The predicted octanol–water partition coefficient (Wildman–Crippen LogP) is -1.04. The Hall–Kier alpha value is -0.670. The van der Waals surface area contributed by atoms with Crippen LogP contribution in [0.1, 0.15) is 19.8 Å². The predicted molar refractivity (Wildman–Crippen MR) is 71.9 cm³/mol. The molecule has 1 atom stereocenters. The first-order valence-corrected chi connectivity index (χ1v) is 9.76. The molecule has 19 heavy (non-hydrogen) atoms. The zero-order valence-corrected chi connectivity index (χ0v) is 12.8. The number of sulfonamides is 1. The maximum Gasteiger partial charge on any atom is 0.235 e. The number of amides is 1. The van der Waals surface area contributed by atoms with Crippen molar-refractivity contribution in [2.24, 2.45) is 0 Å². The second-order valence-corrected chi connectivity index (χ2v) is 9.04. The molecular formula is C10H20N2O5S2. The van der Waals surface area contributed by atoms with Crippen LogP contribution in [0.3, 0.4) is 0 Å². The zero-order chi connectivity index (χ0) is 14.7. The van der Waals surface area contributed by atoms with Crippen molar-refractivity contribution in [1.82, 2.24) is 9.62 Å². The van der Waals surface area contributed by atoms with Crippen LogP contribution in [-0.2, 0) is 24.7 Å². The van der Waals surface area contributed by atoms with Crippen molar-refractivity contribution < 1.29 is 21.6 Å². The summed E-state index contributed by atoms with van der Waals surface area (Å²) in [6, 6.07) is -0.317. The Morgan fingerprint density at radius 1 is 1.32 bits per heavy atom. The van der Waals surface area contributed by atoms with Crippen molar-refractivity contribution in [2.45, 2.75) is 25.8 Å². The SMILES string of the molecule is CCS(=O)(=O)CC(=O)NC1CCCN(S(C)(=O)=O)C1. The Labute approximate surface area is 114 Å². The minimum absolute atomic E-state index is 0.0828. The molecule has 1 saturated heterocycles. The van der Waals surface area contributed by atoms with Crippen molar-refractivity contribution in [1.29, 1.82) is 0 Å². The minimum Gasteiger partial charge on any atom is -0.351 e. The Morgan fingerprint density at radius 3 is 2.47 bits per heavy atom. The summed E-state index contributed by atoms with van der Waals surface area (Å²) in [5.74, 6) is -1.19. The van der Waals surface area contributed by atoms with Gasteiger partial charge in [0.25, 0.3) is 0 Å². The summed E-state index contributed by atoms with van der Waals surface area (Å²) in [7, 11) is -6.63. The van der Waals surface area contributed by atoms with E-state index in [9.17, 15) is 21.6 Å². The average Bonchev–Trinajstić information content (AvgIpc) is 2.27. The lowest BCUT2D eigenvalue weighted by Gasteiger charge is -2.31. The van der Waals surface area contributed by atoms with Gasteiger partial charge in [-0.1, -0.05) is 6.92 Å². The molecule has 0 spiro atoms. The third kappa shape index (κ3) is 5.45. The summed E-state index contributed by atoms with van der Waals surface area (Å²) < 4.78 is 46.7. The first kappa shape index (κ1) is 16.4. The van der Waals surface area contributed by atoms with E-state index >= 15 is 0 Å². The molecule has 0 radical (unpaired) electrons. The van der Waals surface area contributed by atoms with E-state index in [1.807, 2.05) is 0 Å². The van der Waals surface area contributed by atoms with Gasteiger partial charge in [0.05, 0.1) is 6.26 Å². The zero-order valence-electron chi connectivity index (χ0n) is 11.1. The summed E-state index contributed by atoms with van der Waals surface area (Å²) in [6.07, 6.45) is 2.43. The monoisotopic (exact) mass is 312 g/mol. The van der Waals surface area contributed by atoms with Gasteiger partial charge < -0.3 is 5.32 Å². The molecule has 1 aliphatic rings. The van der Waals surface area contributed by atoms with Crippen molar-refractivity contribution in [3.63, 3.8) is 0 Å². The molecule has 1 amide bonds. The molecular weight excluding hydrogens is 292 g/mol. The number of hydrogen-bond acceptors (Lipinski definition) is 5. The van der Waals surface area contributed by atoms with Gasteiger partial charge in [-0.2, -0.15) is 0 Å². The van der Waals surface area contributed by atoms with E-state index in [0.29, 0.717) is 19.4 Å². The first-order chi connectivity index (χ1) is 8.64. The third-order valence-corrected chi connectivity index (χ3v) is 5.86. The topological polar surface area (TPSA) is 101 Å². The highest BCUT2D eigenvalue weighted by Crippen LogP contribution is 2.13. The highest BCUT2D eigenvalue weighted by Gasteiger charge is 2.27. The molecule has 1 N–H and O–H groups in total. The molecule has 0 saturated carbocycles. The van der Waals surface area contributed by atoms with Crippen LogP contribution in [0.15, 0.2) is 0 Å². The van der Waals surface area contributed by atoms with Gasteiger partial charge in [-0.3, -0.25) is 4.79 Å². The first-order valence-electron chi connectivity index (χ1n) is 6.09. The highest BCUT2D eigenvalue weighted by molar-refractivity contribution is 7.92. The number of carbonyl (C=O) groups excluding carboxylic acids is 1. The van der Waals surface area contributed by atoms with Gasteiger partial charge in [0.1, 0.15) is 5.75 Å². The molecule has 0 aliphatic carbocycles. The molecule has 1 unspecified atom stereocenters. The van der Waals surface area contributed by atoms with Crippen LogP contribution < -0.4 is 5.32 Å². The lowest BCUT2D eigenvalue weighted by molar-refractivity contribution is -0.119. The highest BCUT2D eigenvalue weighted by atomic mass is 32.2. The molecule has 1 rings (SSSR count). The van der Waals surface area contributed by atoms with Crippen molar-refractivity contribution in [3.8, 4) is 0 Å². The van der Waals surface area contributed by atoms with Crippen LogP contribution in [0.5, 0.6) is 0 Å². The Morgan fingerprint density at radius 2 is 1.95 bits per heavy atom. The summed E-state index contributed by atoms with van der Waals surface area (Å²) >= 11 is 0. The molecule has 1 aliphatic heterocycles. The van der Waals surface area contributed by atoms with E-state index in [4.69, 9.17) is 0 Å². The van der Waals surface area contributed by atoms with E-state index in [0.717, 1.165) is 6.26 Å². The standard InChI is InChI=1S/C10H20N2O5S2/c1-3-19(16,17)8-10(13)11-9-5-4-6-12(7-9)18(2,14)15/h9H,3-8H2,1-2H3,(H,11,13). The fourth-order valence-corrected chi connectivity index (χ4v) is 3.53. The fourth-order valence-electron chi connectivity index (χ4n) is 1.93. The van der Waals surface area contributed by atoms with Gasteiger partial charge in [-0.25, -0.2) is 21.1 Å². The number of sulfone groups is 1. The van der Waals surface area contributed by atoms with Gasteiger partial charge in [-0.15, -0.1) is 0 Å². The summed E-state index contributed by atoms with van der Waals surface area (Å²) in [5, 5.41) is 2.59. The number of hydrogen-bond donors (Lipinski definition) is 1. The van der Waals surface area contributed by atoms with E-state index in [1.165, 1.54) is 11.2 Å². The third-order valence-electron chi connectivity index (χ3n) is 3.01. The Kier molecular flexibility index (Phi) is 5.34. The largest absolute Gasteiger partial charge is 0.351 e. The van der Waals surface area contributed by atoms with Crippen molar-refractivity contribution in [2.75, 3.05) is 30.9 Å². The second kappa shape index (κ2) is 6.19. The number of piperidine rings is 1. The van der Waals surface area contributed by atoms with Gasteiger partial charge >= 0.3 is 0 Å². The molecule has 0 aromatic heterocycles. The molecule has 1 fully saturated rings. The molecule has 1 heterocycles. The summed E-state index contributed by atoms with van der Waals surface area (Å²) in [6.45, 7) is 2.13. The molecule has 0 aromatic rings. The number of nitrogens with zero attached hydrogens (tertiary/aromatic N) is 1. The van der Waals surface area contributed by atoms with Crippen LogP contribution in [0.2, 0.25) is 0 Å². The van der Waals surface area contributed by atoms with E-state index in [2.05, 4.69) is 5.32 Å². The quantitative estimate of drug-likeness (QED) is 0.699. The van der Waals surface area contributed by atoms with Crippen LogP contribution in [0.4, 0.5) is 0 Å². The summed E-state index contributed by atoms with van der Waals surface area (Å²) in [4.78, 5) is 11.6. The normalized spacial score (nSPS) is 22.1. The number of nitrogens with one attached hydrogen (secondary N) is 1. The van der Waals surface area contributed by atoms with Crippen LogP contribution in [0, 0.1) is 0 Å². The molecule has 112 valence electrons. The molecule has 9 heteroatoms. The van der Waals surface area contributed by atoms with Crippen LogP contribution in [0.25, 0.3) is 0 Å². The molecule has 0 bridgehead atoms. The van der Waals surface area contributed by atoms with E-state index in [-0.39, 0.29) is 18.3 Å². The Bertz CT molecular complexity index is 526. The van der Waals surface area contributed by atoms with Crippen molar-refractivity contribution >= 4 is 25.8 Å². The number of rotatable bonds is 5. The molecule has 7 nitrogen and oxygen atoms in total. The lowest BCUT2D eigenvalue weighted by Crippen LogP contribution is -2.50.